The van der Waals surface area contributed by atoms with Crippen molar-refractivity contribution in [3.63, 3.8) is 0 Å². The molecule has 0 spiro atoms. The normalized spacial score (nSPS) is 18.9. The molecule has 1 aromatic carbocycles. The molecule has 1 amide bonds. The van der Waals surface area contributed by atoms with E-state index in [1.54, 1.807) is 17.7 Å². The molecular weight excluding hydrogens is 314 g/mol. The molecule has 1 aliphatic heterocycles. The number of amides is 1. The number of fused-ring (bicyclic) bond motifs is 1. The summed E-state index contributed by atoms with van der Waals surface area (Å²) in [7, 11) is 1.73. The van der Waals surface area contributed by atoms with Crippen molar-refractivity contribution in [2.75, 3.05) is 19.6 Å². The second-order valence-corrected chi connectivity index (χ2v) is 7.13. The minimum absolute atomic E-state index is 0.145. The van der Waals surface area contributed by atoms with Gasteiger partial charge in [-0.3, -0.25) is 14.5 Å². The summed E-state index contributed by atoms with van der Waals surface area (Å²) in [5.41, 5.74) is 0.900. The minimum atomic E-state index is -0.219. The van der Waals surface area contributed by atoms with E-state index in [0.29, 0.717) is 25.2 Å². The number of nitrogens with zero attached hydrogens (tertiary/aromatic N) is 3. The Kier molecular flexibility index (Phi) is 4.95. The maximum Gasteiger partial charge on any atom is 0.263 e. The van der Waals surface area contributed by atoms with E-state index in [2.05, 4.69) is 25.7 Å². The van der Waals surface area contributed by atoms with Crippen molar-refractivity contribution in [3.05, 3.63) is 46.2 Å². The van der Waals surface area contributed by atoms with Gasteiger partial charge in [-0.05, 0) is 37.8 Å². The number of rotatable bonds is 3. The number of hydrogen-bond acceptors (Lipinski definition) is 3. The van der Waals surface area contributed by atoms with Crippen LogP contribution in [0, 0.1) is 0 Å². The zero-order valence-electron chi connectivity index (χ0n) is 15.5. The first-order valence-electron chi connectivity index (χ1n) is 9.07. The van der Waals surface area contributed by atoms with Crippen LogP contribution in [-0.4, -0.2) is 52.0 Å². The molecule has 1 aliphatic rings. The number of aromatic nitrogens is 1. The molecule has 5 heteroatoms. The van der Waals surface area contributed by atoms with Crippen LogP contribution in [0.1, 0.15) is 37.6 Å². The molecule has 1 saturated heterocycles. The fourth-order valence-electron chi connectivity index (χ4n) is 3.84. The highest BCUT2D eigenvalue weighted by Crippen LogP contribution is 2.19. The van der Waals surface area contributed by atoms with E-state index in [1.165, 1.54) is 0 Å². The quantitative estimate of drug-likeness (QED) is 0.862. The number of para-hydroxylation sites is 1. The Balaban J connectivity index is 1.93. The third-order valence-corrected chi connectivity index (χ3v) is 5.31. The number of hydrogen-bond donors (Lipinski definition) is 0. The van der Waals surface area contributed by atoms with Gasteiger partial charge in [-0.15, -0.1) is 0 Å². The second kappa shape index (κ2) is 7.00. The van der Waals surface area contributed by atoms with Crippen LogP contribution in [0.2, 0.25) is 0 Å². The van der Waals surface area contributed by atoms with Gasteiger partial charge < -0.3 is 9.47 Å². The first-order chi connectivity index (χ1) is 11.9. The number of benzene rings is 1. The number of piperazine rings is 1. The average molecular weight is 341 g/mol. The SMILES string of the molecule is CCC1CN(C(=O)c2cc3ccccc3n(C)c2=O)CCN1C(C)C. The highest BCUT2D eigenvalue weighted by molar-refractivity contribution is 5.97. The van der Waals surface area contributed by atoms with Crippen LogP contribution in [0.15, 0.2) is 35.1 Å². The van der Waals surface area contributed by atoms with Crippen LogP contribution in [0.3, 0.4) is 0 Å². The molecule has 3 rings (SSSR count). The molecule has 0 radical (unpaired) electrons. The third kappa shape index (κ3) is 3.21. The van der Waals surface area contributed by atoms with Gasteiger partial charge in [0.05, 0.1) is 5.52 Å². The molecule has 2 aromatic rings. The minimum Gasteiger partial charge on any atom is -0.336 e. The predicted octanol–water partition coefficient (Wildman–Crippen LogP) is 2.48. The van der Waals surface area contributed by atoms with E-state index >= 15 is 0 Å². The van der Waals surface area contributed by atoms with Gasteiger partial charge in [-0.2, -0.15) is 0 Å². The molecule has 0 aliphatic carbocycles. The second-order valence-electron chi connectivity index (χ2n) is 7.13. The lowest BCUT2D eigenvalue weighted by atomic mass is 10.1. The largest absolute Gasteiger partial charge is 0.336 e. The summed E-state index contributed by atoms with van der Waals surface area (Å²) in [4.78, 5) is 30.0. The van der Waals surface area contributed by atoms with Gasteiger partial charge in [0, 0.05) is 38.8 Å². The van der Waals surface area contributed by atoms with Crippen molar-refractivity contribution in [3.8, 4) is 0 Å². The zero-order valence-corrected chi connectivity index (χ0v) is 15.5. The fraction of sp³-hybridized carbons (Fsp3) is 0.500. The summed E-state index contributed by atoms with van der Waals surface area (Å²) >= 11 is 0. The van der Waals surface area contributed by atoms with Gasteiger partial charge in [-0.1, -0.05) is 25.1 Å². The van der Waals surface area contributed by atoms with Crippen LogP contribution in [0.4, 0.5) is 0 Å². The highest BCUT2D eigenvalue weighted by Gasteiger charge is 2.31. The number of pyridine rings is 1. The molecule has 5 nitrogen and oxygen atoms in total. The van der Waals surface area contributed by atoms with Crippen LogP contribution in [0.25, 0.3) is 10.9 Å². The van der Waals surface area contributed by atoms with Gasteiger partial charge in [0.1, 0.15) is 5.56 Å². The summed E-state index contributed by atoms with van der Waals surface area (Å²) in [6.45, 7) is 8.75. The Morgan fingerprint density at radius 3 is 2.64 bits per heavy atom. The molecule has 0 bridgehead atoms. The topological polar surface area (TPSA) is 45.6 Å². The summed E-state index contributed by atoms with van der Waals surface area (Å²) in [5.74, 6) is -0.145. The smallest absolute Gasteiger partial charge is 0.263 e. The van der Waals surface area contributed by atoms with Crippen molar-refractivity contribution >= 4 is 16.8 Å². The maximum atomic E-state index is 13.0. The molecule has 0 saturated carbocycles. The Morgan fingerprint density at radius 2 is 1.96 bits per heavy atom. The summed E-state index contributed by atoms with van der Waals surface area (Å²) < 4.78 is 1.57. The van der Waals surface area contributed by atoms with E-state index in [-0.39, 0.29) is 17.0 Å². The number of carbonyl (C=O) groups is 1. The van der Waals surface area contributed by atoms with Crippen molar-refractivity contribution in [2.45, 2.75) is 39.3 Å². The van der Waals surface area contributed by atoms with E-state index in [1.807, 2.05) is 29.2 Å². The molecule has 25 heavy (non-hydrogen) atoms. The van der Waals surface area contributed by atoms with E-state index < -0.39 is 0 Å². The molecule has 1 aromatic heterocycles. The Labute approximate surface area is 148 Å². The van der Waals surface area contributed by atoms with E-state index in [0.717, 1.165) is 23.9 Å². The van der Waals surface area contributed by atoms with Crippen molar-refractivity contribution in [1.82, 2.24) is 14.4 Å². The van der Waals surface area contributed by atoms with Crippen LogP contribution < -0.4 is 5.56 Å². The number of aryl methyl sites for hydroxylation is 1. The molecule has 1 unspecified atom stereocenters. The summed E-state index contributed by atoms with van der Waals surface area (Å²) in [5, 5.41) is 0.917. The molecule has 0 N–H and O–H groups in total. The van der Waals surface area contributed by atoms with Crippen LogP contribution >= 0.6 is 0 Å². The predicted molar refractivity (Wildman–Crippen MR) is 101 cm³/mol. The molecular formula is C20H27N3O2. The third-order valence-electron chi connectivity index (χ3n) is 5.31. The standard InChI is InChI=1S/C20H27N3O2/c1-5-16-13-22(10-11-23(16)14(2)3)20(25)17-12-15-8-6-7-9-18(15)21(4)19(17)24/h6-9,12,14,16H,5,10-11,13H2,1-4H3. The van der Waals surface area contributed by atoms with Gasteiger partial charge in [0.2, 0.25) is 0 Å². The Bertz CT molecular complexity index is 840. The summed E-state index contributed by atoms with van der Waals surface area (Å²) in [6, 6.07) is 10.2. The fourth-order valence-corrected chi connectivity index (χ4v) is 3.84. The first kappa shape index (κ1) is 17.7. The van der Waals surface area contributed by atoms with Crippen LogP contribution in [0.5, 0.6) is 0 Å². The first-order valence-corrected chi connectivity index (χ1v) is 9.07. The lowest BCUT2D eigenvalue weighted by Gasteiger charge is -2.43. The Hall–Kier alpha value is -2.14. The van der Waals surface area contributed by atoms with Gasteiger partial charge in [-0.25, -0.2) is 0 Å². The molecule has 2 heterocycles. The van der Waals surface area contributed by atoms with Gasteiger partial charge in [0.15, 0.2) is 0 Å². The van der Waals surface area contributed by atoms with Crippen molar-refractivity contribution in [1.29, 1.82) is 0 Å². The molecule has 134 valence electrons. The average Bonchev–Trinajstić information content (AvgIpc) is 2.63. The van der Waals surface area contributed by atoms with Crippen molar-refractivity contribution in [2.24, 2.45) is 7.05 Å². The molecule has 1 fully saturated rings. The lowest BCUT2D eigenvalue weighted by Crippen LogP contribution is -2.57. The van der Waals surface area contributed by atoms with Crippen LogP contribution in [-0.2, 0) is 7.05 Å². The molecule has 1 atom stereocenters. The lowest BCUT2D eigenvalue weighted by molar-refractivity contribution is 0.0370. The highest BCUT2D eigenvalue weighted by atomic mass is 16.2. The number of carbonyl (C=O) groups excluding carboxylic acids is 1. The Morgan fingerprint density at radius 1 is 1.24 bits per heavy atom. The monoisotopic (exact) mass is 341 g/mol. The van der Waals surface area contributed by atoms with Crippen molar-refractivity contribution < 1.29 is 4.79 Å². The maximum absolute atomic E-state index is 13.0. The van der Waals surface area contributed by atoms with E-state index in [9.17, 15) is 9.59 Å². The zero-order chi connectivity index (χ0) is 18.1. The summed E-state index contributed by atoms with van der Waals surface area (Å²) in [6.07, 6.45) is 0.998. The van der Waals surface area contributed by atoms with E-state index in [4.69, 9.17) is 0 Å². The van der Waals surface area contributed by atoms with Gasteiger partial charge >= 0.3 is 0 Å². The van der Waals surface area contributed by atoms with Gasteiger partial charge in [0.25, 0.3) is 11.5 Å².